The van der Waals surface area contributed by atoms with Crippen LogP contribution in [0.3, 0.4) is 0 Å². The van der Waals surface area contributed by atoms with Gasteiger partial charge in [-0.1, -0.05) is 26.0 Å². The van der Waals surface area contributed by atoms with Gasteiger partial charge in [-0.3, -0.25) is 10.1 Å². The van der Waals surface area contributed by atoms with Crippen molar-refractivity contribution in [3.63, 3.8) is 0 Å². The molecule has 0 amide bonds. The van der Waals surface area contributed by atoms with Crippen LogP contribution in [0.15, 0.2) is 30.5 Å². The molecule has 0 aliphatic heterocycles. The monoisotopic (exact) mass is 287 g/mol. The number of rotatable bonds is 5. The fourth-order valence-electron chi connectivity index (χ4n) is 3.01. The molecule has 1 heterocycles. The molecule has 1 aromatic heterocycles. The first-order chi connectivity index (χ1) is 9.97. The standard InChI is InChI=1S/C16H21N3O2/c1-10(2)15(11(3)17-4)12-8-9-18-16-13(12)6-5-7-14(16)19(20)21/h5-11,15,17H,1-4H3. The molecule has 0 bridgehead atoms. The number of aromatic nitrogens is 1. The van der Waals surface area contributed by atoms with E-state index in [0.29, 0.717) is 11.4 Å². The molecule has 1 N–H and O–H groups in total. The molecule has 21 heavy (non-hydrogen) atoms. The Morgan fingerprint density at radius 3 is 2.52 bits per heavy atom. The van der Waals surface area contributed by atoms with Crippen molar-refractivity contribution in [2.75, 3.05) is 7.05 Å². The van der Waals surface area contributed by atoms with Gasteiger partial charge in [-0.2, -0.15) is 0 Å². The van der Waals surface area contributed by atoms with Gasteiger partial charge in [-0.25, -0.2) is 4.98 Å². The van der Waals surface area contributed by atoms with Crippen LogP contribution >= 0.6 is 0 Å². The van der Waals surface area contributed by atoms with Crippen LogP contribution in [0.5, 0.6) is 0 Å². The average molecular weight is 287 g/mol. The normalized spacial score (nSPS) is 14.3. The van der Waals surface area contributed by atoms with Crippen molar-refractivity contribution in [3.05, 3.63) is 46.1 Å². The summed E-state index contributed by atoms with van der Waals surface area (Å²) < 4.78 is 0. The minimum Gasteiger partial charge on any atom is -0.317 e. The summed E-state index contributed by atoms with van der Waals surface area (Å²) in [5.41, 5.74) is 1.64. The van der Waals surface area contributed by atoms with E-state index in [9.17, 15) is 10.1 Å². The third-order valence-corrected chi connectivity index (χ3v) is 4.05. The summed E-state index contributed by atoms with van der Waals surface area (Å²) in [5.74, 6) is 0.680. The van der Waals surface area contributed by atoms with Crippen molar-refractivity contribution < 1.29 is 4.92 Å². The molecular formula is C16H21N3O2. The number of fused-ring (bicyclic) bond motifs is 1. The first-order valence-electron chi connectivity index (χ1n) is 7.16. The zero-order valence-electron chi connectivity index (χ0n) is 12.8. The van der Waals surface area contributed by atoms with Gasteiger partial charge < -0.3 is 5.32 Å². The summed E-state index contributed by atoms with van der Waals surface area (Å²) in [7, 11) is 1.94. The Hall–Kier alpha value is -2.01. The summed E-state index contributed by atoms with van der Waals surface area (Å²) in [5, 5.41) is 15.3. The lowest BCUT2D eigenvalue weighted by Crippen LogP contribution is -2.32. The third-order valence-electron chi connectivity index (χ3n) is 4.05. The zero-order valence-corrected chi connectivity index (χ0v) is 12.8. The van der Waals surface area contributed by atoms with Crippen LogP contribution < -0.4 is 5.32 Å². The second-order valence-corrected chi connectivity index (χ2v) is 5.68. The maximum atomic E-state index is 11.2. The number of nitro benzene ring substituents is 1. The van der Waals surface area contributed by atoms with Crippen LogP contribution in [0.4, 0.5) is 5.69 Å². The van der Waals surface area contributed by atoms with Gasteiger partial charge in [-0.15, -0.1) is 0 Å². The molecule has 0 fully saturated rings. The number of hydrogen-bond acceptors (Lipinski definition) is 4. The minimum absolute atomic E-state index is 0.0639. The highest BCUT2D eigenvalue weighted by molar-refractivity contribution is 5.90. The molecule has 0 radical (unpaired) electrons. The maximum absolute atomic E-state index is 11.2. The maximum Gasteiger partial charge on any atom is 0.295 e. The fraction of sp³-hybridized carbons (Fsp3) is 0.438. The van der Waals surface area contributed by atoms with Crippen molar-refractivity contribution in [2.45, 2.75) is 32.7 Å². The van der Waals surface area contributed by atoms with Crippen LogP contribution in [-0.2, 0) is 0 Å². The summed E-state index contributed by atoms with van der Waals surface area (Å²) in [6.07, 6.45) is 1.67. The van der Waals surface area contributed by atoms with Crippen molar-refractivity contribution in [2.24, 2.45) is 5.92 Å². The predicted octanol–water partition coefficient (Wildman–Crippen LogP) is 3.49. The Morgan fingerprint density at radius 2 is 1.95 bits per heavy atom. The highest BCUT2D eigenvalue weighted by Crippen LogP contribution is 2.35. The second-order valence-electron chi connectivity index (χ2n) is 5.68. The molecule has 2 rings (SSSR count). The Bertz CT molecular complexity index is 655. The molecule has 2 unspecified atom stereocenters. The number of nitrogens with zero attached hydrogens (tertiary/aromatic N) is 2. The first kappa shape index (κ1) is 15.4. The highest BCUT2D eigenvalue weighted by Gasteiger charge is 2.25. The molecule has 2 atom stereocenters. The molecule has 5 heteroatoms. The number of non-ortho nitro benzene ring substituents is 1. The molecule has 0 spiro atoms. The number of nitrogens with one attached hydrogen (secondary N) is 1. The molecule has 0 saturated heterocycles. The van der Waals surface area contributed by atoms with Gasteiger partial charge in [-0.05, 0) is 31.5 Å². The third kappa shape index (κ3) is 2.88. The van der Waals surface area contributed by atoms with Gasteiger partial charge in [0.25, 0.3) is 5.69 Å². The molecule has 1 aromatic carbocycles. The van der Waals surface area contributed by atoms with Crippen molar-refractivity contribution in [1.82, 2.24) is 10.3 Å². The molecule has 0 saturated carbocycles. The van der Waals surface area contributed by atoms with E-state index in [0.717, 1.165) is 10.9 Å². The van der Waals surface area contributed by atoms with Gasteiger partial charge in [0.2, 0.25) is 0 Å². The van der Waals surface area contributed by atoms with Gasteiger partial charge in [0.05, 0.1) is 4.92 Å². The Labute approximate surface area is 124 Å². The molecular weight excluding hydrogens is 266 g/mol. The van der Waals surface area contributed by atoms with Crippen LogP contribution in [0.1, 0.15) is 32.3 Å². The molecule has 5 nitrogen and oxygen atoms in total. The molecule has 2 aromatic rings. The quantitative estimate of drug-likeness (QED) is 0.675. The van der Waals surface area contributed by atoms with E-state index in [2.05, 4.69) is 31.1 Å². The summed E-state index contributed by atoms with van der Waals surface area (Å²) in [6, 6.07) is 7.40. The lowest BCUT2D eigenvalue weighted by molar-refractivity contribution is -0.383. The van der Waals surface area contributed by atoms with Gasteiger partial charge in [0, 0.05) is 29.6 Å². The number of likely N-dealkylation sites (N-methyl/N-ethyl adjacent to an activating group) is 1. The SMILES string of the molecule is CNC(C)C(c1ccnc2c([N+](=O)[O-])cccc12)C(C)C. The minimum atomic E-state index is -0.370. The van der Waals surface area contributed by atoms with Crippen molar-refractivity contribution >= 4 is 16.6 Å². The van der Waals surface area contributed by atoms with E-state index in [1.807, 2.05) is 19.2 Å². The number of hydrogen-bond donors (Lipinski definition) is 1. The smallest absolute Gasteiger partial charge is 0.295 e. The predicted molar refractivity (Wildman–Crippen MR) is 84.5 cm³/mol. The number of pyridine rings is 1. The van der Waals surface area contributed by atoms with Crippen molar-refractivity contribution in [3.8, 4) is 0 Å². The molecule has 0 aliphatic carbocycles. The van der Waals surface area contributed by atoms with Gasteiger partial charge in [0.1, 0.15) is 5.52 Å². The van der Waals surface area contributed by atoms with Crippen LogP contribution in [0, 0.1) is 16.0 Å². The molecule has 0 aliphatic rings. The highest BCUT2D eigenvalue weighted by atomic mass is 16.6. The van der Waals surface area contributed by atoms with Crippen LogP contribution in [0.2, 0.25) is 0 Å². The zero-order chi connectivity index (χ0) is 15.6. The first-order valence-corrected chi connectivity index (χ1v) is 7.16. The number of benzene rings is 1. The lowest BCUT2D eigenvalue weighted by atomic mass is 9.81. The van der Waals surface area contributed by atoms with E-state index in [1.54, 1.807) is 12.3 Å². The van der Waals surface area contributed by atoms with E-state index in [-0.39, 0.29) is 22.6 Å². The van der Waals surface area contributed by atoms with Gasteiger partial charge in [0.15, 0.2) is 0 Å². The Morgan fingerprint density at radius 1 is 1.24 bits per heavy atom. The van der Waals surface area contributed by atoms with Crippen LogP contribution in [0.25, 0.3) is 10.9 Å². The van der Waals surface area contributed by atoms with Crippen LogP contribution in [-0.4, -0.2) is 23.0 Å². The summed E-state index contributed by atoms with van der Waals surface area (Å²) >= 11 is 0. The number of nitro groups is 1. The second kappa shape index (κ2) is 6.18. The van der Waals surface area contributed by atoms with E-state index >= 15 is 0 Å². The largest absolute Gasteiger partial charge is 0.317 e. The Balaban J connectivity index is 2.69. The van der Waals surface area contributed by atoms with E-state index in [4.69, 9.17) is 0 Å². The Kier molecular flexibility index (Phi) is 4.53. The summed E-state index contributed by atoms with van der Waals surface area (Å²) in [4.78, 5) is 15.0. The summed E-state index contributed by atoms with van der Waals surface area (Å²) in [6.45, 7) is 6.47. The number of para-hydroxylation sites is 1. The van der Waals surface area contributed by atoms with Gasteiger partial charge >= 0.3 is 0 Å². The molecule has 112 valence electrons. The fourth-order valence-corrected chi connectivity index (χ4v) is 3.01. The van der Waals surface area contributed by atoms with Crippen molar-refractivity contribution in [1.29, 1.82) is 0 Å². The lowest BCUT2D eigenvalue weighted by Gasteiger charge is -2.28. The van der Waals surface area contributed by atoms with E-state index in [1.165, 1.54) is 6.07 Å². The average Bonchev–Trinajstić information content (AvgIpc) is 2.46. The van der Waals surface area contributed by atoms with E-state index < -0.39 is 0 Å². The topological polar surface area (TPSA) is 68.1 Å².